The highest BCUT2D eigenvalue weighted by Crippen LogP contribution is 2.29. The normalized spacial score (nSPS) is 16.1. The molecule has 2 heterocycles. The van der Waals surface area contributed by atoms with Crippen molar-refractivity contribution in [2.24, 2.45) is 0 Å². The van der Waals surface area contributed by atoms with Crippen LogP contribution >= 0.6 is 11.6 Å². The fraction of sp³-hybridized carbons (Fsp3) is 0.438. The van der Waals surface area contributed by atoms with Crippen LogP contribution in [0.15, 0.2) is 24.3 Å². The van der Waals surface area contributed by atoms with Gasteiger partial charge >= 0.3 is 0 Å². The number of nitrogens with zero attached hydrogens (tertiary/aromatic N) is 2. The van der Waals surface area contributed by atoms with Crippen LogP contribution in [0.3, 0.4) is 0 Å². The molecule has 0 amide bonds. The van der Waals surface area contributed by atoms with E-state index in [9.17, 15) is 0 Å². The summed E-state index contributed by atoms with van der Waals surface area (Å²) in [6, 6.07) is 8.32. The molecule has 106 valence electrons. The van der Waals surface area contributed by atoms with Crippen LogP contribution < -0.4 is 4.90 Å². The van der Waals surface area contributed by atoms with Crippen molar-refractivity contribution < 1.29 is 4.74 Å². The SMILES string of the molecule is CC(C)c1cc(Cl)c2cc(N3CCOCC3)ccc2n1. The summed E-state index contributed by atoms with van der Waals surface area (Å²) in [6.07, 6.45) is 0. The summed E-state index contributed by atoms with van der Waals surface area (Å²) >= 11 is 6.43. The number of fused-ring (bicyclic) bond motifs is 1. The second kappa shape index (κ2) is 5.58. The van der Waals surface area contributed by atoms with Gasteiger partial charge in [0.25, 0.3) is 0 Å². The maximum Gasteiger partial charge on any atom is 0.0721 e. The van der Waals surface area contributed by atoms with Crippen LogP contribution in [-0.4, -0.2) is 31.3 Å². The van der Waals surface area contributed by atoms with Gasteiger partial charge in [0.1, 0.15) is 0 Å². The van der Waals surface area contributed by atoms with Gasteiger partial charge in [-0.3, -0.25) is 4.98 Å². The molecule has 1 fully saturated rings. The number of hydrogen-bond acceptors (Lipinski definition) is 3. The maximum absolute atomic E-state index is 6.43. The Morgan fingerprint density at radius 2 is 1.95 bits per heavy atom. The number of morpholine rings is 1. The average molecular weight is 291 g/mol. The zero-order chi connectivity index (χ0) is 14.1. The van der Waals surface area contributed by atoms with Crippen molar-refractivity contribution in [3.8, 4) is 0 Å². The molecule has 1 aliphatic heterocycles. The van der Waals surface area contributed by atoms with Crippen LogP contribution in [0, 0.1) is 0 Å². The van der Waals surface area contributed by atoms with Gasteiger partial charge in [0.05, 0.1) is 23.8 Å². The molecule has 0 saturated carbocycles. The molecule has 0 N–H and O–H groups in total. The molecule has 1 aromatic carbocycles. The predicted octanol–water partition coefficient (Wildman–Crippen LogP) is 3.85. The highest BCUT2D eigenvalue weighted by molar-refractivity contribution is 6.35. The Labute approximate surface area is 124 Å². The number of ether oxygens (including phenoxy) is 1. The van der Waals surface area contributed by atoms with Crippen LogP contribution in [0.4, 0.5) is 5.69 Å². The van der Waals surface area contributed by atoms with Crippen LogP contribution in [0.25, 0.3) is 10.9 Å². The van der Waals surface area contributed by atoms with Gasteiger partial charge < -0.3 is 9.64 Å². The standard InChI is InChI=1S/C16H19ClN2O/c1-11(2)16-10-14(17)13-9-12(3-4-15(13)18-16)19-5-7-20-8-6-19/h3-4,9-11H,5-8H2,1-2H3. The lowest BCUT2D eigenvalue weighted by molar-refractivity contribution is 0.122. The van der Waals surface area contributed by atoms with E-state index in [1.165, 1.54) is 5.69 Å². The van der Waals surface area contributed by atoms with E-state index in [2.05, 4.69) is 36.9 Å². The van der Waals surface area contributed by atoms with E-state index in [1.54, 1.807) is 0 Å². The summed E-state index contributed by atoms with van der Waals surface area (Å²) in [6.45, 7) is 7.70. The first-order chi connectivity index (χ1) is 9.65. The zero-order valence-corrected chi connectivity index (χ0v) is 12.7. The fourth-order valence-corrected chi connectivity index (χ4v) is 2.77. The molecule has 1 aromatic heterocycles. The van der Waals surface area contributed by atoms with E-state index >= 15 is 0 Å². The van der Waals surface area contributed by atoms with E-state index in [1.807, 2.05) is 6.07 Å². The predicted molar refractivity (Wildman–Crippen MR) is 83.9 cm³/mol. The Balaban J connectivity index is 2.02. The zero-order valence-electron chi connectivity index (χ0n) is 11.9. The van der Waals surface area contributed by atoms with E-state index in [0.717, 1.165) is 47.9 Å². The van der Waals surface area contributed by atoms with E-state index < -0.39 is 0 Å². The molecule has 0 bridgehead atoms. The molecule has 0 aliphatic carbocycles. The van der Waals surface area contributed by atoms with Gasteiger partial charge in [-0.15, -0.1) is 0 Å². The molecular weight excluding hydrogens is 272 g/mol. The highest BCUT2D eigenvalue weighted by atomic mass is 35.5. The Morgan fingerprint density at radius 3 is 2.65 bits per heavy atom. The number of benzene rings is 1. The lowest BCUT2D eigenvalue weighted by atomic mass is 10.1. The minimum Gasteiger partial charge on any atom is -0.378 e. The Morgan fingerprint density at radius 1 is 1.20 bits per heavy atom. The average Bonchev–Trinajstić information content (AvgIpc) is 2.47. The number of aromatic nitrogens is 1. The molecule has 20 heavy (non-hydrogen) atoms. The highest BCUT2D eigenvalue weighted by Gasteiger charge is 2.13. The summed E-state index contributed by atoms with van der Waals surface area (Å²) in [4.78, 5) is 7.02. The Bertz CT molecular complexity index is 621. The molecular formula is C16H19ClN2O. The van der Waals surface area contributed by atoms with Crippen molar-refractivity contribution in [2.75, 3.05) is 31.2 Å². The quantitative estimate of drug-likeness (QED) is 0.840. The molecule has 0 spiro atoms. The van der Waals surface area contributed by atoms with Crippen molar-refractivity contribution in [1.82, 2.24) is 4.98 Å². The van der Waals surface area contributed by atoms with Gasteiger partial charge in [0.15, 0.2) is 0 Å². The van der Waals surface area contributed by atoms with Gasteiger partial charge in [-0.25, -0.2) is 0 Å². The Hall–Kier alpha value is -1.32. The second-order valence-electron chi connectivity index (χ2n) is 5.48. The van der Waals surface area contributed by atoms with Crippen molar-refractivity contribution in [3.63, 3.8) is 0 Å². The third kappa shape index (κ3) is 2.60. The molecule has 1 saturated heterocycles. The topological polar surface area (TPSA) is 25.4 Å². The summed E-state index contributed by atoms with van der Waals surface area (Å²) in [5.41, 5.74) is 3.21. The third-order valence-corrected chi connectivity index (χ3v) is 4.04. The number of anilines is 1. The summed E-state index contributed by atoms with van der Waals surface area (Å²) in [5.74, 6) is 0.385. The number of rotatable bonds is 2. The third-order valence-electron chi connectivity index (χ3n) is 3.73. The van der Waals surface area contributed by atoms with Crippen LogP contribution in [0.5, 0.6) is 0 Å². The van der Waals surface area contributed by atoms with Crippen molar-refractivity contribution in [2.45, 2.75) is 19.8 Å². The summed E-state index contributed by atoms with van der Waals surface area (Å²) in [7, 11) is 0. The summed E-state index contributed by atoms with van der Waals surface area (Å²) < 4.78 is 5.39. The molecule has 3 nitrogen and oxygen atoms in total. The van der Waals surface area contributed by atoms with Crippen molar-refractivity contribution in [1.29, 1.82) is 0 Å². The lowest BCUT2D eigenvalue weighted by Gasteiger charge is -2.29. The first kappa shape index (κ1) is 13.7. The van der Waals surface area contributed by atoms with Gasteiger partial charge in [-0.1, -0.05) is 25.4 Å². The number of pyridine rings is 1. The number of halogens is 1. The largest absolute Gasteiger partial charge is 0.378 e. The van der Waals surface area contributed by atoms with Gasteiger partial charge in [-0.05, 0) is 30.2 Å². The maximum atomic E-state index is 6.43. The first-order valence-corrected chi connectivity index (χ1v) is 7.46. The van der Waals surface area contributed by atoms with E-state index in [4.69, 9.17) is 21.3 Å². The smallest absolute Gasteiger partial charge is 0.0721 e. The fourth-order valence-electron chi connectivity index (χ4n) is 2.51. The van der Waals surface area contributed by atoms with E-state index in [0.29, 0.717) is 5.92 Å². The first-order valence-electron chi connectivity index (χ1n) is 7.08. The number of hydrogen-bond donors (Lipinski definition) is 0. The molecule has 0 radical (unpaired) electrons. The van der Waals surface area contributed by atoms with E-state index in [-0.39, 0.29) is 0 Å². The molecule has 4 heteroatoms. The van der Waals surface area contributed by atoms with Crippen LogP contribution in [0.2, 0.25) is 5.02 Å². The molecule has 0 unspecified atom stereocenters. The monoisotopic (exact) mass is 290 g/mol. The van der Waals surface area contributed by atoms with Gasteiger partial charge in [0, 0.05) is 29.9 Å². The minimum atomic E-state index is 0.385. The minimum absolute atomic E-state index is 0.385. The van der Waals surface area contributed by atoms with Crippen molar-refractivity contribution >= 4 is 28.2 Å². The molecule has 2 aromatic rings. The summed E-state index contributed by atoms with van der Waals surface area (Å²) in [5, 5.41) is 1.81. The van der Waals surface area contributed by atoms with Crippen molar-refractivity contribution in [3.05, 3.63) is 35.0 Å². The van der Waals surface area contributed by atoms with Crippen LogP contribution in [0.1, 0.15) is 25.5 Å². The molecule has 3 rings (SSSR count). The van der Waals surface area contributed by atoms with Gasteiger partial charge in [-0.2, -0.15) is 0 Å². The molecule has 0 atom stereocenters. The van der Waals surface area contributed by atoms with Crippen LogP contribution in [-0.2, 0) is 4.74 Å². The van der Waals surface area contributed by atoms with Gasteiger partial charge in [0.2, 0.25) is 0 Å². The molecule has 1 aliphatic rings. The second-order valence-corrected chi connectivity index (χ2v) is 5.89. The Kier molecular flexibility index (Phi) is 3.81. The lowest BCUT2D eigenvalue weighted by Crippen LogP contribution is -2.36.